The molecule has 15 nitrogen and oxygen atoms in total. The number of para-hydroxylation sites is 3. The summed E-state index contributed by atoms with van der Waals surface area (Å²) in [6.45, 7) is -0.0492. The average molecular weight is 841 g/mol. The number of fused-ring (bicyclic) bond motifs is 4. The molecule has 2 aliphatic carbocycles. The first-order valence-electron chi connectivity index (χ1n) is 19.4. The van der Waals surface area contributed by atoms with Gasteiger partial charge in [-0.3, -0.25) is 23.9 Å². The van der Waals surface area contributed by atoms with Gasteiger partial charge >= 0.3 is 0 Å². The quantitative estimate of drug-likeness (QED) is 0.186. The van der Waals surface area contributed by atoms with Crippen molar-refractivity contribution in [3.63, 3.8) is 0 Å². The number of carbonyl (C=O) groups excluding carboxylic acids is 4. The van der Waals surface area contributed by atoms with E-state index in [4.69, 9.17) is 19.7 Å². The highest BCUT2D eigenvalue weighted by atomic mass is 32.2. The van der Waals surface area contributed by atoms with Crippen molar-refractivity contribution in [3.8, 4) is 16.6 Å². The van der Waals surface area contributed by atoms with Gasteiger partial charge in [0.1, 0.15) is 34.4 Å². The lowest BCUT2D eigenvalue weighted by Gasteiger charge is -2.29. The van der Waals surface area contributed by atoms with Crippen molar-refractivity contribution in [1.82, 2.24) is 40.2 Å². The molecule has 0 bridgehead atoms. The smallest absolute Gasteiger partial charge is 0.271 e. The lowest BCUT2D eigenvalue weighted by molar-refractivity contribution is -0.141. The Kier molecular flexibility index (Phi) is 10.2. The van der Waals surface area contributed by atoms with Crippen LogP contribution in [0.4, 0.5) is 0 Å². The Bertz CT molecular complexity index is 2530. The van der Waals surface area contributed by atoms with E-state index in [9.17, 15) is 27.6 Å². The number of benzene rings is 2. The summed E-state index contributed by atoms with van der Waals surface area (Å²) in [5, 5.41) is 7.32. The van der Waals surface area contributed by atoms with Crippen LogP contribution in [0.1, 0.15) is 68.3 Å². The van der Waals surface area contributed by atoms with Gasteiger partial charge in [-0.15, -0.1) is 22.7 Å². The number of allylic oxidation sites excluding steroid dienone is 1. The number of hydrogen-bond acceptors (Lipinski definition) is 13. The first-order chi connectivity index (χ1) is 28.1. The highest BCUT2D eigenvalue weighted by Gasteiger charge is 2.62. The molecule has 18 heteroatoms. The van der Waals surface area contributed by atoms with E-state index in [0.29, 0.717) is 53.8 Å². The third kappa shape index (κ3) is 7.67. The van der Waals surface area contributed by atoms with Gasteiger partial charge in [0.25, 0.3) is 11.8 Å². The van der Waals surface area contributed by atoms with Crippen LogP contribution >= 0.6 is 22.7 Å². The second kappa shape index (κ2) is 15.4. The summed E-state index contributed by atoms with van der Waals surface area (Å²) in [5.74, 6) is -2.68. The van der Waals surface area contributed by atoms with Crippen LogP contribution in [0.15, 0.2) is 71.6 Å². The summed E-state index contributed by atoms with van der Waals surface area (Å²) < 4.78 is 35.7. The van der Waals surface area contributed by atoms with Crippen molar-refractivity contribution in [1.29, 1.82) is 0 Å². The monoisotopic (exact) mass is 840 g/mol. The normalized spacial score (nSPS) is 25.3. The fourth-order valence-corrected chi connectivity index (χ4v) is 10.6. The number of nitrogens with one attached hydrogen (secondary N) is 3. The van der Waals surface area contributed by atoms with Crippen LogP contribution in [0.25, 0.3) is 32.0 Å². The van der Waals surface area contributed by atoms with Crippen LogP contribution in [0, 0.1) is 5.92 Å². The zero-order valence-corrected chi connectivity index (χ0v) is 33.7. The third-order valence-corrected chi connectivity index (χ3v) is 14.6. The number of carbonyl (C=O) groups is 4. The molecule has 1 saturated heterocycles. The summed E-state index contributed by atoms with van der Waals surface area (Å²) in [4.78, 5) is 76.5. The molecule has 2 aliphatic heterocycles. The first-order valence-corrected chi connectivity index (χ1v) is 22.7. The van der Waals surface area contributed by atoms with Gasteiger partial charge in [-0.05, 0) is 62.8 Å². The second-order valence-electron chi connectivity index (χ2n) is 15.2. The molecule has 58 heavy (non-hydrogen) atoms. The lowest BCUT2D eigenvalue weighted by atomic mass is 10.0. The minimum atomic E-state index is -3.91. The number of hydrogen-bond donors (Lipinski definition) is 3. The molecule has 9 rings (SSSR count). The maximum Gasteiger partial charge on any atom is 0.271 e. The minimum Gasteiger partial charge on any atom is -0.471 e. The molecule has 5 heterocycles. The van der Waals surface area contributed by atoms with Gasteiger partial charge < -0.3 is 20.3 Å². The number of amides is 4. The van der Waals surface area contributed by atoms with Crippen molar-refractivity contribution >= 4 is 77.6 Å². The Morgan fingerprint density at radius 2 is 1.72 bits per heavy atom. The van der Waals surface area contributed by atoms with Crippen LogP contribution in [-0.4, -0.2) is 92.4 Å². The zero-order valence-electron chi connectivity index (χ0n) is 31.2. The number of nitrogens with zero attached hydrogens (tertiary/aromatic N) is 5. The standard InChI is InChI=1S/C40H40N8O7S3/c49-34(30-21-56-22-41-30)43-29-14-5-3-1-2-4-10-23-19-40(23,39(52)47-58(53,54)25-16-17-25)46-35(50)31-18-24(20-48(31)38(29)51)55-36-33(42-26-11-6-7-12-27(26)44-36)37-45-28-13-8-9-15-32(28)57-37/h4,6-13,15,21-25,29,31H,1-3,5,14,16-20H2,(H,43,49)(H,46,50)(H,47,52)/t23-,24-,29+,31+,40-/m1/s1. The summed E-state index contributed by atoms with van der Waals surface area (Å²) in [6.07, 6.45) is 7.38. The van der Waals surface area contributed by atoms with Crippen LogP contribution in [0.5, 0.6) is 5.88 Å². The predicted molar refractivity (Wildman–Crippen MR) is 217 cm³/mol. The van der Waals surface area contributed by atoms with Gasteiger partial charge in [-0.2, -0.15) is 0 Å². The molecule has 2 saturated carbocycles. The van der Waals surface area contributed by atoms with Gasteiger partial charge in [0.15, 0.2) is 5.69 Å². The third-order valence-electron chi connectivity index (χ3n) is 11.1. The Morgan fingerprint density at radius 1 is 0.948 bits per heavy atom. The summed E-state index contributed by atoms with van der Waals surface area (Å²) >= 11 is 2.70. The summed E-state index contributed by atoms with van der Waals surface area (Å²) in [7, 11) is -3.91. The molecule has 5 aromatic rings. The van der Waals surface area contributed by atoms with Gasteiger partial charge in [0, 0.05) is 17.7 Å². The average Bonchev–Trinajstić information content (AvgIpc) is 3.98. The largest absolute Gasteiger partial charge is 0.471 e. The van der Waals surface area contributed by atoms with Crippen molar-refractivity contribution in [3.05, 3.63) is 77.3 Å². The first kappa shape index (κ1) is 38.2. The molecule has 2 aromatic carbocycles. The number of rotatable bonds is 8. The molecule has 4 aliphatic rings. The SMILES string of the molecule is O=C(N[C@H]1CCCCCC=C[C@@H]2C[C@@]2(C(=O)NS(=O)(=O)C2CC2)NC(=O)[C@@H]2C[C@@H](Oc3nc4ccccc4nc3-c3nc4ccccc4s3)CN2C1=O)c1cscn1. The number of aromatic nitrogens is 4. The highest BCUT2D eigenvalue weighted by molar-refractivity contribution is 7.91. The molecule has 3 N–H and O–H groups in total. The summed E-state index contributed by atoms with van der Waals surface area (Å²) in [6, 6.07) is 13.0. The van der Waals surface area contributed by atoms with Crippen molar-refractivity contribution < 1.29 is 32.3 Å². The van der Waals surface area contributed by atoms with E-state index in [-0.39, 0.29) is 31.0 Å². The lowest BCUT2D eigenvalue weighted by Crippen LogP contribution is -2.58. The Labute approximate surface area is 341 Å². The fraction of sp³-hybridized carbons (Fsp3) is 0.400. The molecule has 0 unspecified atom stereocenters. The highest BCUT2D eigenvalue weighted by Crippen LogP contribution is 2.46. The zero-order chi connectivity index (χ0) is 40.0. The second-order valence-corrected chi connectivity index (χ2v) is 19.0. The van der Waals surface area contributed by atoms with Crippen molar-refractivity contribution in [2.75, 3.05) is 6.54 Å². The van der Waals surface area contributed by atoms with Crippen LogP contribution in [0.2, 0.25) is 0 Å². The topological polar surface area (TPSA) is 203 Å². The van der Waals surface area contributed by atoms with Crippen LogP contribution in [-0.2, 0) is 24.4 Å². The molecule has 4 amide bonds. The van der Waals surface area contributed by atoms with E-state index in [1.165, 1.54) is 33.1 Å². The van der Waals surface area contributed by atoms with Crippen LogP contribution in [0.3, 0.4) is 0 Å². The molecular formula is C40H40N8O7S3. The van der Waals surface area contributed by atoms with Gasteiger partial charge in [-0.1, -0.05) is 49.3 Å². The van der Waals surface area contributed by atoms with E-state index in [1.807, 2.05) is 60.7 Å². The predicted octanol–water partition coefficient (Wildman–Crippen LogP) is 4.51. The van der Waals surface area contributed by atoms with E-state index >= 15 is 0 Å². The van der Waals surface area contributed by atoms with Crippen molar-refractivity contribution in [2.45, 2.75) is 86.8 Å². The Morgan fingerprint density at radius 3 is 2.48 bits per heavy atom. The number of thiazole rings is 2. The molecule has 3 aromatic heterocycles. The number of ether oxygens (including phenoxy) is 1. The van der Waals surface area contributed by atoms with E-state index in [1.54, 1.807) is 5.38 Å². The summed E-state index contributed by atoms with van der Waals surface area (Å²) in [5.41, 5.74) is 2.61. The van der Waals surface area contributed by atoms with Crippen molar-refractivity contribution in [2.24, 2.45) is 5.92 Å². The fourth-order valence-electron chi connectivity index (χ4n) is 7.74. The molecule has 0 spiro atoms. The Hall–Kier alpha value is -5.33. The molecular weight excluding hydrogens is 801 g/mol. The molecule has 3 fully saturated rings. The molecule has 0 radical (unpaired) electrons. The van der Waals surface area contributed by atoms with Crippen LogP contribution < -0.4 is 20.1 Å². The number of sulfonamides is 1. The van der Waals surface area contributed by atoms with E-state index in [2.05, 4.69) is 20.3 Å². The molecule has 5 atom stereocenters. The molecule has 300 valence electrons. The maximum absolute atomic E-state index is 14.7. The minimum absolute atomic E-state index is 0.0106. The van der Waals surface area contributed by atoms with Gasteiger partial charge in [0.2, 0.25) is 27.7 Å². The van der Waals surface area contributed by atoms with E-state index in [0.717, 1.165) is 23.1 Å². The van der Waals surface area contributed by atoms with E-state index < -0.39 is 68.5 Å². The van der Waals surface area contributed by atoms with Gasteiger partial charge in [0.05, 0.1) is 38.6 Å². The maximum atomic E-state index is 14.7. The van der Waals surface area contributed by atoms with Gasteiger partial charge in [-0.25, -0.2) is 28.4 Å². The Balaban J connectivity index is 1.06.